The highest BCUT2D eigenvalue weighted by Crippen LogP contribution is 2.58. The van der Waals surface area contributed by atoms with Gasteiger partial charge in [-0.05, 0) is 55.9 Å². The molecule has 2 N–H and O–H groups in total. The molecule has 4 bridgehead atoms. The molecule has 2 atom stereocenters. The Morgan fingerprint density at radius 2 is 1.74 bits per heavy atom. The second kappa shape index (κ2) is 4.07. The lowest BCUT2D eigenvalue weighted by molar-refractivity contribution is -0.175. The van der Waals surface area contributed by atoms with E-state index in [1.807, 2.05) is 0 Å². The molecule has 5 rings (SSSR count). The molecule has 0 amide bonds. The zero-order chi connectivity index (χ0) is 12.9. The lowest BCUT2D eigenvalue weighted by atomic mass is 9.51. The summed E-state index contributed by atoms with van der Waals surface area (Å²) in [5, 5.41) is 0. The number of rotatable bonds is 3. The van der Waals surface area contributed by atoms with E-state index in [9.17, 15) is 0 Å². The van der Waals surface area contributed by atoms with Crippen LogP contribution in [0, 0.1) is 11.8 Å². The van der Waals surface area contributed by atoms with Gasteiger partial charge >= 0.3 is 0 Å². The van der Waals surface area contributed by atoms with E-state index in [0.29, 0.717) is 0 Å². The van der Waals surface area contributed by atoms with Crippen molar-refractivity contribution in [3.05, 3.63) is 35.9 Å². The molecule has 0 heterocycles. The zero-order valence-corrected chi connectivity index (χ0v) is 11.5. The highest BCUT2D eigenvalue weighted by molar-refractivity contribution is 5.15. The third kappa shape index (κ3) is 2.11. The molecule has 4 fully saturated rings. The molecule has 2 unspecified atom stereocenters. The van der Waals surface area contributed by atoms with Crippen LogP contribution in [0.3, 0.4) is 0 Å². The molecule has 102 valence electrons. The van der Waals surface area contributed by atoms with Gasteiger partial charge in [0.25, 0.3) is 0 Å². The Bertz CT molecular complexity index is 455. The number of nitrogens with two attached hydrogens (primary N) is 1. The molecule has 2 nitrogen and oxygen atoms in total. The Hall–Kier alpha value is -0.860. The fraction of sp³-hybridized carbons (Fsp3) is 0.647. The smallest absolute Gasteiger partial charge is 0.0724 e. The predicted octanol–water partition coefficient (Wildman–Crippen LogP) is 3.25. The second-order valence-corrected chi connectivity index (χ2v) is 7.28. The van der Waals surface area contributed by atoms with E-state index in [0.717, 1.165) is 24.9 Å². The van der Waals surface area contributed by atoms with E-state index in [1.54, 1.807) is 0 Å². The summed E-state index contributed by atoms with van der Waals surface area (Å²) in [6.45, 7) is 0.746. The summed E-state index contributed by atoms with van der Waals surface area (Å²) in [6.07, 6.45) is 7.44. The molecule has 0 saturated heterocycles. The molecule has 2 heteroatoms. The quantitative estimate of drug-likeness (QED) is 0.902. The lowest BCUT2D eigenvalue weighted by Crippen LogP contribution is -2.63. The monoisotopic (exact) mass is 257 g/mol. The van der Waals surface area contributed by atoms with Crippen molar-refractivity contribution >= 4 is 0 Å². The van der Waals surface area contributed by atoms with Crippen LogP contribution in [0.2, 0.25) is 0 Å². The summed E-state index contributed by atoms with van der Waals surface area (Å²) >= 11 is 0. The summed E-state index contributed by atoms with van der Waals surface area (Å²) in [5.41, 5.74) is 8.05. The zero-order valence-electron chi connectivity index (χ0n) is 11.5. The molecule has 0 aliphatic heterocycles. The molecule has 1 aromatic rings. The summed E-state index contributed by atoms with van der Waals surface area (Å²) in [6, 6.07) is 10.5. The molecule has 0 radical (unpaired) electrons. The first kappa shape index (κ1) is 11.9. The Balaban J connectivity index is 1.51. The van der Waals surface area contributed by atoms with Crippen LogP contribution < -0.4 is 5.73 Å². The van der Waals surface area contributed by atoms with Crippen molar-refractivity contribution in [2.75, 3.05) is 0 Å². The maximum Gasteiger partial charge on any atom is 0.0724 e. The number of ether oxygens (including phenoxy) is 1. The van der Waals surface area contributed by atoms with E-state index < -0.39 is 0 Å². The highest BCUT2D eigenvalue weighted by atomic mass is 16.5. The minimum atomic E-state index is 0.0841. The molecular weight excluding hydrogens is 234 g/mol. The number of benzene rings is 1. The van der Waals surface area contributed by atoms with Gasteiger partial charge in [0.1, 0.15) is 0 Å². The van der Waals surface area contributed by atoms with Crippen molar-refractivity contribution in [2.45, 2.75) is 56.3 Å². The van der Waals surface area contributed by atoms with Crippen LogP contribution in [-0.2, 0) is 11.3 Å². The fourth-order valence-electron chi connectivity index (χ4n) is 5.23. The van der Waals surface area contributed by atoms with Crippen LogP contribution in [0.5, 0.6) is 0 Å². The standard InChI is InChI=1S/C17H23NO/c18-16-7-14-6-15(8-16)10-17(9-14,12-16)19-11-13-4-2-1-3-5-13/h1-5,14-15H,6-12,18H2. The van der Waals surface area contributed by atoms with Gasteiger partial charge in [0.2, 0.25) is 0 Å². The van der Waals surface area contributed by atoms with E-state index in [1.165, 1.54) is 37.7 Å². The normalized spacial score (nSPS) is 43.6. The SMILES string of the molecule is NC12CC3CC(C1)CC(OCc1ccccc1)(C3)C2. The van der Waals surface area contributed by atoms with Gasteiger partial charge in [0.05, 0.1) is 12.2 Å². The average Bonchev–Trinajstić information content (AvgIpc) is 2.35. The number of hydrogen-bond acceptors (Lipinski definition) is 2. The van der Waals surface area contributed by atoms with Gasteiger partial charge in [-0.2, -0.15) is 0 Å². The molecule has 1 aromatic carbocycles. The van der Waals surface area contributed by atoms with Crippen LogP contribution >= 0.6 is 0 Å². The summed E-state index contributed by atoms with van der Waals surface area (Å²) in [4.78, 5) is 0. The molecule has 4 aliphatic rings. The first-order chi connectivity index (χ1) is 9.15. The summed E-state index contributed by atoms with van der Waals surface area (Å²) < 4.78 is 6.41. The molecule has 0 spiro atoms. The molecular formula is C17H23NO. The largest absolute Gasteiger partial charge is 0.370 e. The van der Waals surface area contributed by atoms with Crippen LogP contribution in [0.25, 0.3) is 0 Å². The van der Waals surface area contributed by atoms with Gasteiger partial charge in [-0.15, -0.1) is 0 Å². The van der Waals surface area contributed by atoms with Gasteiger partial charge in [-0.25, -0.2) is 0 Å². The fourth-order valence-corrected chi connectivity index (χ4v) is 5.23. The predicted molar refractivity (Wildman–Crippen MR) is 75.6 cm³/mol. The van der Waals surface area contributed by atoms with Crippen LogP contribution in [-0.4, -0.2) is 11.1 Å². The van der Waals surface area contributed by atoms with Crippen molar-refractivity contribution in [3.63, 3.8) is 0 Å². The Morgan fingerprint density at radius 3 is 2.37 bits per heavy atom. The average molecular weight is 257 g/mol. The first-order valence-corrected chi connectivity index (χ1v) is 7.62. The Labute approximate surface area is 115 Å². The summed E-state index contributed by atoms with van der Waals surface area (Å²) in [5.74, 6) is 1.64. The minimum Gasteiger partial charge on any atom is -0.370 e. The molecule has 4 aliphatic carbocycles. The first-order valence-electron chi connectivity index (χ1n) is 7.62. The molecule has 19 heavy (non-hydrogen) atoms. The van der Waals surface area contributed by atoms with Crippen molar-refractivity contribution in [2.24, 2.45) is 17.6 Å². The lowest BCUT2D eigenvalue weighted by Gasteiger charge is -2.60. The maximum atomic E-state index is 6.59. The van der Waals surface area contributed by atoms with E-state index in [2.05, 4.69) is 30.3 Å². The summed E-state index contributed by atoms with van der Waals surface area (Å²) in [7, 11) is 0. The van der Waals surface area contributed by atoms with E-state index in [4.69, 9.17) is 10.5 Å². The topological polar surface area (TPSA) is 35.2 Å². The molecule has 0 aromatic heterocycles. The van der Waals surface area contributed by atoms with Crippen LogP contribution in [0.15, 0.2) is 30.3 Å². The van der Waals surface area contributed by atoms with Gasteiger partial charge < -0.3 is 10.5 Å². The van der Waals surface area contributed by atoms with Gasteiger partial charge in [0, 0.05) is 5.54 Å². The van der Waals surface area contributed by atoms with Gasteiger partial charge in [0.15, 0.2) is 0 Å². The van der Waals surface area contributed by atoms with Gasteiger partial charge in [-0.3, -0.25) is 0 Å². The van der Waals surface area contributed by atoms with Crippen molar-refractivity contribution < 1.29 is 4.74 Å². The minimum absolute atomic E-state index is 0.0841. The highest BCUT2D eigenvalue weighted by Gasteiger charge is 2.56. The number of hydrogen-bond donors (Lipinski definition) is 1. The Kier molecular flexibility index (Phi) is 2.55. The Morgan fingerprint density at radius 1 is 1.05 bits per heavy atom. The van der Waals surface area contributed by atoms with E-state index in [-0.39, 0.29) is 11.1 Å². The van der Waals surface area contributed by atoms with E-state index >= 15 is 0 Å². The third-order valence-electron chi connectivity index (χ3n) is 5.44. The van der Waals surface area contributed by atoms with Crippen LogP contribution in [0.4, 0.5) is 0 Å². The molecule has 4 saturated carbocycles. The maximum absolute atomic E-state index is 6.59. The van der Waals surface area contributed by atoms with Crippen molar-refractivity contribution in [3.8, 4) is 0 Å². The van der Waals surface area contributed by atoms with Crippen LogP contribution in [0.1, 0.15) is 44.1 Å². The van der Waals surface area contributed by atoms with Gasteiger partial charge in [-0.1, -0.05) is 30.3 Å². The van der Waals surface area contributed by atoms with Crippen molar-refractivity contribution in [1.82, 2.24) is 0 Å². The third-order valence-corrected chi connectivity index (χ3v) is 5.44. The second-order valence-electron chi connectivity index (χ2n) is 7.28. The van der Waals surface area contributed by atoms with Crippen molar-refractivity contribution in [1.29, 1.82) is 0 Å².